The molecule has 0 unspecified atom stereocenters. The van der Waals surface area contributed by atoms with E-state index in [0.29, 0.717) is 24.0 Å². The second kappa shape index (κ2) is 13.7. The fraction of sp³-hybridized carbons (Fsp3) is 0.571. The van der Waals surface area contributed by atoms with Gasteiger partial charge < -0.3 is 30.7 Å². The first-order valence-corrected chi connectivity index (χ1v) is 12.7. The molecule has 7 atom stereocenters. The third-order valence-electron chi connectivity index (χ3n) is 7.05. The van der Waals surface area contributed by atoms with Crippen LogP contribution in [0, 0.1) is 23.6 Å². The normalized spacial score (nSPS) is 33.4. The van der Waals surface area contributed by atoms with Crippen molar-refractivity contribution in [1.29, 1.82) is 0 Å². The number of hydrogen-bond donors (Lipinski definition) is 4. The number of hydrogen-bond acceptors (Lipinski definition) is 6. The number of carbonyl (C=O) groups excluding carboxylic acids is 2. The van der Waals surface area contributed by atoms with Crippen molar-refractivity contribution >= 4 is 17.7 Å². The van der Waals surface area contributed by atoms with E-state index >= 15 is 0 Å². The minimum absolute atomic E-state index is 0.124. The van der Waals surface area contributed by atoms with Gasteiger partial charge in [0.1, 0.15) is 11.9 Å². The Morgan fingerprint density at radius 2 is 1.81 bits per heavy atom. The van der Waals surface area contributed by atoms with Crippen molar-refractivity contribution in [3.63, 3.8) is 0 Å². The van der Waals surface area contributed by atoms with Crippen molar-refractivity contribution in [2.75, 3.05) is 12.4 Å². The Bertz CT molecular complexity index is 1010. The highest BCUT2D eigenvalue weighted by Gasteiger charge is 2.30. The Labute approximate surface area is 218 Å². The van der Waals surface area contributed by atoms with Crippen molar-refractivity contribution < 1.29 is 33.7 Å². The summed E-state index contributed by atoms with van der Waals surface area (Å²) in [5, 5.41) is 24.7. The van der Waals surface area contributed by atoms with Crippen LogP contribution < -0.4 is 11.1 Å². The number of methoxy groups -OCH3 is 1. The van der Waals surface area contributed by atoms with Crippen LogP contribution in [-0.4, -0.2) is 47.6 Å². The first-order valence-electron chi connectivity index (χ1n) is 12.7. The maximum atomic E-state index is 14.4. The summed E-state index contributed by atoms with van der Waals surface area (Å²) in [5.41, 5.74) is 7.07. The highest BCUT2D eigenvalue weighted by Crippen LogP contribution is 2.31. The van der Waals surface area contributed by atoms with Gasteiger partial charge >= 0.3 is 6.09 Å². The second-order valence-corrected chi connectivity index (χ2v) is 10.2. The number of aliphatic hydroxyl groups is 2. The molecule has 5 N–H and O–H groups in total. The first-order chi connectivity index (χ1) is 17.3. The maximum absolute atomic E-state index is 14.4. The van der Waals surface area contributed by atoms with E-state index in [9.17, 15) is 24.2 Å². The monoisotopic (exact) mass is 520 g/mol. The molecule has 8 nitrogen and oxygen atoms in total. The summed E-state index contributed by atoms with van der Waals surface area (Å²) in [7, 11) is 1.48. The van der Waals surface area contributed by atoms with Gasteiger partial charge in [-0.15, -0.1) is 0 Å². The van der Waals surface area contributed by atoms with Crippen molar-refractivity contribution in [2.45, 2.75) is 78.3 Å². The Balaban J connectivity index is 2.48. The van der Waals surface area contributed by atoms with Crippen LogP contribution in [0.25, 0.3) is 0 Å². The van der Waals surface area contributed by atoms with Crippen molar-refractivity contribution in [3.8, 4) is 0 Å². The van der Waals surface area contributed by atoms with Gasteiger partial charge in [-0.2, -0.15) is 0 Å². The molecular weight excluding hydrogens is 479 g/mol. The molecule has 206 valence electrons. The Morgan fingerprint density at radius 3 is 2.43 bits per heavy atom. The van der Waals surface area contributed by atoms with Crippen LogP contribution in [0.1, 0.15) is 65.5 Å². The molecule has 1 aliphatic heterocycles. The number of nitrogens with two attached hydrogens (primary N) is 1. The lowest BCUT2D eigenvalue weighted by Crippen LogP contribution is -2.36. The van der Waals surface area contributed by atoms with Crippen molar-refractivity contribution in [2.24, 2.45) is 23.5 Å². The average Bonchev–Trinajstić information content (AvgIpc) is 2.83. The number of benzene rings is 1. The lowest BCUT2D eigenvalue weighted by molar-refractivity contribution is -0.112. The Kier molecular flexibility index (Phi) is 11.3. The predicted octanol–water partition coefficient (Wildman–Crippen LogP) is 4.62. The van der Waals surface area contributed by atoms with E-state index in [1.165, 1.54) is 19.2 Å². The molecule has 1 aromatic carbocycles. The zero-order valence-electron chi connectivity index (χ0n) is 22.5. The summed E-state index contributed by atoms with van der Waals surface area (Å²) in [5.74, 6) is -1.87. The number of anilines is 1. The van der Waals surface area contributed by atoms with E-state index in [0.717, 1.165) is 5.57 Å². The molecule has 0 radical (unpaired) electrons. The third-order valence-corrected chi connectivity index (χ3v) is 7.05. The van der Waals surface area contributed by atoms with E-state index in [2.05, 4.69) is 5.32 Å². The minimum Gasteiger partial charge on any atom is -0.442 e. The van der Waals surface area contributed by atoms with Gasteiger partial charge in [-0.05, 0) is 74.3 Å². The summed E-state index contributed by atoms with van der Waals surface area (Å²) in [6.45, 7) is 9.02. The van der Waals surface area contributed by atoms with E-state index in [-0.39, 0.29) is 29.9 Å². The second-order valence-electron chi connectivity index (χ2n) is 10.2. The molecule has 0 aromatic heterocycles. The quantitative estimate of drug-likeness (QED) is 0.421. The smallest absolute Gasteiger partial charge is 0.405 e. The molecule has 1 aromatic rings. The Hall–Kier alpha value is -2.75. The number of carbonyl (C=O) groups is 2. The van der Waals surface area contributed by atoms with Crippen LogP contribution >= 0.6 is 0 Å². The summed E-state index contributed by atoms with van der Waals surface area (Å²) in [4.78, 5) is 24.3. The number of ether oxygens (including phenoxy) is 2. The lowest BCUT2D eigenvalue weighted by atomic mass is 9.86. The summed E-state index contributed by atoms with van der Waals surface area (Å²) in [6, 6.07) is 3.97. The molecule has 0 aliphatic carbocycles. The molecule has 0 spiro atoms. The van der Waals surface area contributed by atoms with Gasteiger partial charge in [-0.3, -0.25) is 4.79 Å². The van der Waals surface area contributed by atoms with Crippen molar-refractivity contribution in [3.05, 3.63) is 52.9 Å². The van der Waals surface area contributed by atoms with Crippen LogP contribution in [0.5, 0.6) is 0 Å². The molecule has 0 saturated heterocycles. The fourth-order valence-electron chi connectivity index (χ4n) is 4.82. The van der Waals surface area contributed by atoms with Crippen LogP contribution in [-0.2, 0) is 14.3 Å². The van der Waals surface area contributed by atoms with E-state index < -0.39 is 42.2 Å². The molecule has 0 fully saturated rings. The van der Waals surface area contributed by atoms with Gasteiger partial charge in [0.05, 0.1) is 18.3 Å². The van der Waals surface area contributed by atoms with Crippen molar-refractivity contribution in [1.82, 2.24) is 0 Å². The zero-order valence-corrected chi connectivity index (χ0v) is 22.5. The summed E-state index contributed by atoms with van der Waals surface area (Å²) >= 11 is 0. The number of aliphatic hydroxyl groups excluding tert-OH is 2. The molecule has 9 heteroatoms. The highest BCUT2D eigenvalue weighted by molar-refractivity contribution is 6.03. The molecule has 2 rings (SSSR count). The summed E-state index contributed by atoms with van der Waals surface area (Å²) < 4.78 is 25.4. The Morgan fingerprint density at radius 1 is 1.14 bits per heavy atom. The third kappa shape index (κ3) is 8.66. The van der Waals surface area contributed by atoms with E-state index in [1.54, 1.807) is 26.0 Å². The highest BCUT2D eigenvalue weighted by atomic mass is 19.1. The fourth-order valence-corrected chi connectivity index (χ4v) is 4.82. The van der Waals surface area contributed by atoms with Gasteiger partial charge in [0.25, 0.3) is 5.91 Å². The van der Waals surface area contributed by atoms with Gasteiger partial charge in [0.15, 0.2) is 0 Å². The van der Waals surface area contributed by atoms with Crippen LogP contribution in [0.3, 0.4) is 0 Å². The number of fused-ring (bicyclic) bond motifs is 2. The molecule has 1 aliphatic rings. The molecular formula is C28H41FN2O6. The van der Waals surface area contributed by atoms with Gasteiger partial charge in [0.2, 0.25) is 0 Å². The number of amides is 2. The average molecular weight is 521 g/mol. The van der Waals surface area contributed by atoms with Gasteiger partial charge in [-0.1, -0.05) is 32.9 Å². The molecule has 37 heavy (non-hydrogen) atoms. The SMILES string of the molecule is CO[C@H]1C[C@H](C)[C@@H](O)c2cc(F)cc(c2)NC(=O)/C(C)=C/CC[C@H](C)[C@H](OC(N)=O)/C(C)=C/[C@H](C)[C@H]1O. The number of allylic oxidation sites excluding steroid dienone is 1. The number of nitrogens with one attached hydrogen (secondary N) is 1. The largest absolute Gasteiger partial charge is 0.442 e. The topological polar surface area (TPSA) is 131 Å². The number of rotatable bonds is 2. The van der Waals surface area contributed by atoms with Crippen LogP contribution in [0.2, 0.25) is 0 Å². The van der Waals surface area contributed by atoms with E-state index in [1.807, 2.05) is 26.8 Å². The molecule has 2 bridgehead atoms. The van der Waals surface area contributed by atoms with Crippen LogP contribution in [0.15, 0.2) is 41.5 Å². The number of halogens is 1. The summed E-state index contributed by atoms with van der Waals surface area (Å²) in [6.07, 6.45) is 0.908. The number of primary amides is 1. The zero-order chi connectivity index (χ0) is 27.9. The molecule has 2 amide bonds. The van der Waals surface area contributed by atoms with Gasteiger partial charge in [0, 0.05) is 24.3 Å². The molecule has 1 heterocycles. The first kappa shape index (κ1) is 30.5. The lowest BCUT2D eigenvalue weighted by Gasteiger charge is -2.30. The maximum Gasteiger partial charge on any atom is 0.405 e. The van der Waals surface area contributed by atoms with Gasteiger partial charge in [-0.25, -0.2) is 9.18 Å². The van der Waals surface area contributed by atoms with E-state index in [4.69, 9.17) is 15.2 Å². The predicted molar refractivity (Wildman–Crippen MR) is 140 cm³/mol. The standard InChI is InChI=1S/C28H41FN2O6/c1-15-8-7-9-16(2)27(34)31-22-13-20(12-21(29)14-22)24(32)18(4)11-23(36-6)25(33)17(3)10-19(5)26(15)37-28(30)35/h9-10,12-15,17-18,23-26,32-33H,7-8,11H2,1-6H3,(H2,30,35)(H,31,34)/b16-9+,19-10+/t15-,17-,18-,23-,24+,25+,26-/m0/s1. The van der Waals surface area contributed by atoms with Crippen LogP contribution in [0.4, 0.5) is 14.9 Å². The minimum atomic E-state index is -1.06. The molecule has 0 saturated carbocycles.